The zero-order valence-corrected chi connectivity index (χ0v) is 9.34. The predicted octanol–water partition coefficient (Wildman–Crippen LogP) is 2.15. The molecule has 0 saturated carbocycles. The largest absolute Gasteiger partial charge is 0.382 e. The molecule has 14 heavy (non-hydrogen) atoms. The lowest BCUT2D eigenvalue weighted by Crippen LogP contribution is -2.07. The molecule has 0 N–H and O–H groups in total. The van der Waals surface area contributed by atoms with Crippen molar-refractivity contribution in [2.75, 3.05) is 6.26 Å². The van der Waals surface area contributed by atoms with E-state index in [4.69, 9.17) is 4.18 Å². The van der Waals surface area contributed by atoms with Gasteiger partial charge in [-0.2, -0.15) is 8.42 Å². The highest BCUT2D eigenvalue weighted by molar-refractivity contribution is 7.86. The van der Waals surface area contributed by atoms with Crippen LogP contribution < -0.4 is 4.18 Å². The maximum Gasteiger partial charge on any atom is 0.306 e. The monoisotopic (exact) mass is 214 g/mol. The quantitative estimate of drug-likeness (QED) is 0.724. The number of para-hydroxylation sites is 1. The standard InChI is InChI=1S/C10H14O3S/c1-8(2)9-6-4-5-7-10(9)13-14(3,11)12/h4-8H,1-3H3. The molecule has 1 aromatic carbocycles. The van der Waals surface area contributed by atoms with E-state index in [1.807, 2.05) is 26.0 Å². The average molecular weight is 214 g/mol. The summed E-state index contributed by atoms with van der Waals surface area (Å²) in [5.74, 6) is 0.665. The molecule has 0 bridgehead atoms. The highest BCUT2D eigenvalue weighted by Gasteiger charge is 2.11. The van der Waals surface area contributed by atoms with Gasteiger partial charge in [0.2, 0.25) is 0 Å². The summed E-state index contributed by atoms with van der Waals surface area (Å²) in [7, 11) is -3.43. The molecule has 4 heteroatoms. The number of benzene rings is 1. The third-order valence-corrected chi connectivity index (χ3v) is 2.26. The van der Waals surface area contributed by atoms with Crippen LogP contribution in [0.1, 0.15) is 25.3 Å². The van der Waals surface area contributed by atoms with Crippen LogP contribution in [0.15, 0.2) is 24.3 Å². The highest BCUT2D eigenvalue weighted by Crippen LogP contribution is 2.26. The molecule has 0 unspecified atom stereocenters. The van der Waals surface area contributed by atoms with Gasteiger partial charge >= 0.3 is 10.1 Å². The van der Waals surface area contributed by atoms with Gasteiger partial charge in [-0.25, -0.2) is 0 Å². The fourth-order valence-corrected chi connectivity index (χ4v) is 1.67. The minimum absolute atomic E-state index is 0.243. The van der Waals surface area contributed by atoms with Crippen molar-refractivity contribution >= 4 is 10.1 Å². The van der Waals surface area contributed by atoms with Gasteiger partial charge in [0.05, 0.1) is 6.26 Å². The second-order valence-electron chi connectivity index (χ2n) is 3.48. The van der Waals surface area contributed by atoms with Crippen LogP contribution in [-0.2, 0) is 10.1 Å². The molecule has 0 atom stereocenters. The average Bonchev–Trinajstić information content (AvgIpc) is 2.01. The molecule has 0 amide bonds. The van der Waals surface area contributed by atoms with Crippen LogP contribution in [0.3, 0.4) is 0 Å². The molecule has 3 nitrogen and oxygen atoms in total. The van der Waals surface area contributed by atoms with Crippen molar-refractivity contribution in [2.45, 2.75) is 19.8 Å². The molecule has 0 fully saturated rings. The van der Waals surface area contributed by atoms with Crippen molar-refractivity contribution in [1.82, 2.24) is 0 Å². The maximum atomic E-state index is 11.0. The fraction of sp³-hybridized carbons (Fsp3) is 0.400. The summed E-state index contributed by atoms with van der Waals surface area (Å²) in [6, 6.07) is 7.15. The maximum absolute atomic E-state index is 11.0. The van der Waals surface area contributed by atoms with Gasteiger partial charge in [0.15, 0.2) is 0 Å². The van der Waals surface area contributed by atoms with E-state index in [1.165, 1.54) is 0 Å². The SMILES string of the molecule is CC(C)c1ccccc1OS(C)(=O)=O. The Morgan fingerprint density at radius 2 is 1.79 bits per heavy atom. The van der Waals surface area contributed by atoms with E-state index < -0.39 is 10.1 Å². The van der Waals surface area contributed by atoms with Crippen LogP contribution in [0.2, 0.25) is 0 Å². The molecule has 0 heterocycles. The molecule has 0 aliphatic rings. The van der Waals surface area contributed by atoms with Gasteiger partial charge in [-0.3, -0.25) is 0 Å². The first-order valence-corrected chi connectivity index (χ1v) is 6.20. The lowest BCUT2D eigenvalue weighted by Gasteiger charge is -2.11. The van der Waals surface area contributed by atoms with Crippen molar-refractivity contribution in [3.63, 3.8) is 0 Å². The summed E-state index contributed by atoms with van der Waals surface area (Å²) in [4.78, 5) is 0. The van der Waals surface area contributed by atoms with E-state index in [0.717, 1.165) is 11.8 Å². The zero-order valence-electron chi connectivity index (χ0n) is 8.52. The molecule has 0 radical (unpaired) electrons. The Hall–Kier alpha value is -1.03. The Morgan fingerprint density at radius 3 is 2.29 bits per heavy atom. The van der Waals surface area contributed by atoms with E-state index in [9.17, 15) is 8.42 Å². The first-order chi connectivity index (χ1) is 6.40. The van der Waals surface area contributed by atoms with Crippen molar-refractivity contribution < 1.29 is 12.6 Å². The normalized spacial score (nSPS) is 11.7. The third kappa shape index (κ3) is 3.03. The summed E-state index contributed by atoms with van der Waals surface area (Å²) >= 11 is 0. The minimum Gasteiger partial charge on any atom is -0.382 e. The van der Waals surface area contributed by atoms with E-state index >= 15 is 0 Å². The molecule has 0 aliphatic heterocycles. The Morgan fingerprint density at radius 1 is 1.21 bits per heavy atom. The molecule has 0 saturated heterocycles. The molecular formula is C10H14O3S. The fourth-order valence-electron chi connectivity index (χ4n) is 1.20. The Labute approximate surface area is 84.8 Å². The van der Waals surface area contributed by atoms with Crippen LogP contribution >= 0.6 is 0 Å². The Balaban J connectivity index is 3.08. The van der Waals surface area contributed by atoms with Gasteiger partial charge in [0.25, 0.3) is 0 Å². The van der Waals surface area contributed by atoms with E-state index in [1.54, 1.807) is 12.1 Å². The predicted molar refractivity (Wildman–Crippen MR) is 56.0 cm³/mol. The lowest BCUT2D eigenvalue weighted by atomic mass is 10.0. The molecular weight excluding hydrogens is 200 g/mol. The number of rotatable bonds is 3. The molecule has 1 aromatic rings. The Bertz CT molecular complexity index is 407. The molecule has 0 aliphatic carbocycles. The molecule has 0 spiro atoms. The van der Waals surface area contributed by atoms with Crippen molar-refractivity contribution in [3.8, 4) is 5.75 Å². The summed E-state index contributed by atoms with van der Waals surface area (Å²) in [5.41, 5.74) is 0.901. The van der Waals surface area contributed by atoms with Crippen molar-refractivity contribution in [3.05, 3.63) is 29.8 Å². The van der Waals surface area contributed by atoms with Crippen LogP contribution in [0.4, 0.5) is 0 Å². The van der Waals surface area contributed by atoms with Gasteiger partial charge < -0.3 is 4.18 Å². The first-order valence-electron chi connectivity index (χ1n) is 4.38. The van der Waals surface area contributed by atoms with Crippen molar-refractivity contribution in [1.29, 1.82) is 0 Å². The van der Waals surface area contributed by atoms with Gasteiger partial charge in [0.1, 0.15) is 5.75 Å². The van der Waals surface area contributed by atoms with Gasteiger partial charge in [-0.05, 0) is 17.5 Å². The summed E-state index contributed by atoms with van der Waals surface area (Å²) in [5, 5.41) is 0. The third-order valence-electron chi connectivity index (χ3n) is 1.78. The van der Waals surface area contributed by atoms with Gasteiger partial charge in [-0.15, -0.1) is 0 Å². The molecule has 78 valence electrons. The topological polar surface area (TPSA) is 43.4 Å². The summed E-state index contributed by atoms with van der Waals surface area (Å²) < 4.78 is 26.8. The Kier molecular flexibility index (Phi) is 3.16. The second-order valence-corrected chi connectivity index (χ2v) is 5.05. The van der Waals surface area contributed by atoms with Gasteiger partial charge in [-0.1, -0.05) is 32.0 Å². The molecule has 0 aromatic heterocycles. The van der Waals surface area contributed by atoms with E-state index in [0.29, 0.717) is 5.75 Å². The number of hydrogen-bond donors (Lipinski definition) is 0. The number of hydrogen-bond acceptors (Lipinski definition) is 3. The minimum atomic E-state index is -3.43. The zero-order chi connectivity index (χ0) is 10.8. The summed E-state index contributed by atoms with van der Waals surface area (Å²) in [6.07, 6.45) is 1.05. The van der Waals surface area contributed by atoms with Crippen molar-refractivity contribution in [2.24, 2.45) is 0 Å². The molecule has 1 rings (SSSR count). The van der Waals surface area contributed by atoms with Crippen LogP contribution in [-0.4, -0.2) is 14.7 Å². The van der Waals surface area contributed by atoms with Gasteiger partial charge in [0, 0.05) is 0 Å². The first kappa shape index (κ1) is 11.0. The smallest absolute Gasteiger partial charge is 0.306 e. The van der Waals surface area contributed by atoms with E-state index in [2.05, 4.69) is 0 Å². The second kappa shape index (κ2) is 4.00. The van der Waals surface area contributed by atoms with Crippen LogP contribution in [0, 0.1) is 0 Å². The van der Waals surface area contributed by atoms with Crippen LogP contribution in [0.5, 0.6) is 5.75 Å². The summed E-state index contributed by atoms with van der Waals surface area (Å²) in [6.45, 7) is 3.98. The highest BCUT2D eigenvalue weighted by atomic mass is 32.2. The van der Waals surface area contributed by atoms with E-state index in [-0.39, 0.29) is 5.92 Å². The van der Waals surface area contributed by atoms with Crippen LogP contribution in [0.25, 0.3) is 0 Å². The lowest BCUT2D eigenvalue weighted by molar-refractivity contribution is 0.488.